The van der Waals surface area contributed by atoms with Crippen LogP contribution in [0.1, 0.15) is 38.2 Å². The van der Waals surface area contributed by atoms with Gasteiger partial charge in [0.15, 0.2) is 0 Å². The van der Waals surface area contributed by atoms with E-state index in [0.29, 0.717) is 12.7 Å². The van der Waals surface area contributed by atoms with Crippen LogP contribution < -0.4 is 5.32 Å². The Morgan fingerprint density at radius 2 is 2.14 bits per heavy atom. The average Bonchev–Trinajstić information content (AvgIpc) is 2.52. The van der Waals surface area contributed by atoms with Crippen LogP contribution in [0, 0.1) is 5.92 Å². The molecule has 2 aromatic rings. The topological polar surface area (TPSA) is 34.2 Å². The van der Waals surface area contributed by atoms with Gasteiger partial charge in [-0.1, -0.05) is 38.0 Å². The first-order valence-electron chi connectivity index (χ1n) is 7.94. The van der Waals surface area contributed by atoms with Crippen molar-refractivity contribution in [3.8, 4) is 0 Å². The quantitative estimate of drug-likeness (QED) is 0.905. The molecule has 1 aliphatic rings. The summed E-state index contributed by atoms with van der Waals surface area (Å²) in [6.07, 6.45) is 5.43. The monoisotopic (exact) mass is 284 g/mol. The smallest absolute Gasteiger partial charge is 0.131 e. The second-order valence-electron chi connectivity index (χ2n) is 6.14. The van der Waals surface area contributed by atoms with Crippen molar-refractivity contribution in [3.63, 3.8) is 0 Å². The van der Waals surface area contributed by atoms with Crippen molar-refractivity contribution in [2.45, 2.75) is 45.3 Å². The number of benzene rings is 1. The standard InChI is InChI=1S/C18H24N2O/c1-13-6-5-8-16(10-13)21-12-15-11-14-7-3-4-9-17(14)20-18(15)19-2/h3-4,7,9,11,13,16H,5-6,8,10,12H2,1-2H3,(H,19,20). The fraction of sp³-hybridized carbons (Fsp3) is 0.500. The summed E-state index contributed by atoms with van der Waals surface area (Å²) in [4.78, 5) is 4.68. The zero-order valence-electron chi connectivity index (χ0n) is 12.9. The van der Waals surface area contributed by atoms with E-state index >= 15 is 0 Å². The highest BCUT2D eigenvalue weighted by molar-refractivity contribution is 5.81. The molecule has 0 amide bonds. The summed E-state index contributed by atoms with van der Waals surface area (Å²) in [6, 6.07) is 10.4. The van der Waals surface area contributed by atoms with Gasteiger partial charge < -0.3 is 10.1 Å². The summed E-state index contributed by atoms with van der Waals surface area (Å²) in [5.41, 5.74) is 2.17. The molecule has 1 aromatic carbocycles. The Labute approximate surface area is 126 Å². The number of hydrogen-bond donors (Lipinski definition) is 1. The largest absolute Gasteiger partial charge is 0.373 e. The Morgan fingerprint density at radius 3 is 2.95 bits per heavy atom. The van der Waals surface area contributed by atoms with Crippen LogP contribution >= 0.6 is 0 Å². The van der Waals surface area contributed by atoms with Gasteiger partial charge in [-0.05, 0) is 30.9 Å². The normalized spacial score (nSPS) is 22.4. The summed E-state index contributed by atoms with van der Waals surface area (Å²) in [5, 5.41) is 4.37. The van der Waals surface area contributed by atoms with E-state index in [1.54, 1.807) is 0 Å². The van der Waals surface area contributed by atoms with Crippen LogP contribution in [0.4, 0.5) is 5.82 Å². The molecule has 3 nitrogen and oxygen atoms in total. The highest BCUT2D eigenvalue weighted by Gasteiger charge is 2.19. The van der Waals surface area contributed by atoms with Crippen molar-refractivity contribution in [1.82, 2.24) is 4.98 Å². The van der Waals surface area contributed by atoms with Crippen molar-refractivity contribution in [2.24, 2.45) is 5.92 Å². The van der Waals surface area contributed by atoms with E-state index in [0.717, 1.165) is 22.8 Å². The molecule has 3 heteroatoms. The van der Waals surface area contributed by atoms with Crippen molar-refractivity contribution < 1.29 is 4.74 Å². The number of nitrogens with one attached hydrogen (secondary N) is 1. The predicted octanol–water partition coefficient (Wildman–Crippen LogP) is 4.37. The lowest BCUT2D eigenvalue weighted by molar-refractivity contribution is 0.00487. The van der Waals surface area contributed by atoms with Gasteiger partial charge in [0, 0.05) is 18.0 Å². The molecule has 0 spiro atoms. The molecular weight excluding hydrogens is 260 g/mol. The van der Waals surface area contributed by atoms with E-state index in [2.05, 4.69) is 35.4 Å². The number of fused-ring (bicyclic) bond motifs is 1. The maximum absolute atomic E-state index is 6.15. The molecular formula is C18H24N2O. The van der Waals surface area contributed by atoms with Gasteiger partial charge in [-0.2, -0.15) is 0 Å². The third-order valence-electron chi connectivity index (χ3n) is 4.40. The third-order valence-corrected chi connectivity index (χ3v) is 4.40. The molecule has 0 bridgehead atoms. The summed E-state index contributed by atoms with van der Waals surface area (Å²) in [5.74, 6) is 1.72. The van der Waals surface area contributed by atoms with Crippen LogP contribution in [-0.4, -0.2) is 18.1 Å². The maximum atomic E-state index is 6.15. The molecule has 0 radical (unpaired) electrons. The van der Waals surface area contributed by atoms with Gasteiger partial charge in [-0.25, -0.2) is 4.98 Å². The lowest BCUT2D eigenvalue weighted by Gasteiger charge is -2.27. The maximum Gasteiger partial charge on any atom is 0.131 e. The Balaban J connectivity index is 1.76. The highest BCUT2D eigenvalue weighted by Crippen LogP contribution is 2.28. The molecule has 21 heavy (non-hydrogen) atoms. The number of ether oxygens (including phenoxy) is 1. The molecule has 1 fully saturated rings. The molecule has 112 valence electrons. The Morgan fingerprint density at radius 1 is 1.29 bits per heavy atom. The predicted molar refractivity (Wildman–Crippen MR) is 87.5 cm³/mol. The number of rotatable bonds is 4. The first-order valence-corrected chi connectivity index (χ1v) is 7.94. The molecule has 0 saturated heterocycles. The van der Waals surface area contributed by atoms with Crippen LogP contribution in [0.25, 0.3) is 10.9 Å². The molecule has 0 aliphatic heterocycles. The molecule has 1 heterocycles. The fourth-order valence-corrected chi connectivity index (χ4v) is 3.22. The third kappa shape index (κ3) is 3.35. The van der Waals surface area contributed by atoms with Crippen molar-refractivity contribution in [2.75, 3.05) is 12.4 Å². The van der Waals surface area contributed by atoms with Gasteiger partial charge in [0.05, 0.1) is 18.2 Å². The van der Waals surface area contributed by atoms with Gasteiger partial charge in [0.25, 0.3) is 0 Å². The Kier molecular flexibility index (Phi) is 4.39. The van der Waals surface area contributed by atoms with Crippen LogP contribution in [0.5, 0.6) is 0 Å². The summed E-state index contributed by atoms with van der Waals surface area (Å²) in [6.45, 7) is 2.97. The number of aromatic nitrogens is 1. The number of para-hydroxylation sites is 1. The zero-order chi connectivity index (χ0) is 14.7. The van der Waals surface area contributed by atoms with E-state index in [4.69, 9.17) is 4.74 Å². The number of hydrogen-bond acceptors (Lipinski definition) is 3. The second kappa shape index (κ2) is 6.44. The van der Waals surface area contributed by atoms with Gasteiger partial charge in [0.1, 0.15) is 5.82 Å². The van der Waals surface area contributed by atoms with Crippen molar-refractivity contribution >= 4 is 16.7 Å². The summed E-state index contributed by atoms with van der Waals surface area (Å²) >= 11 is 0. The molecule has 1 aliphatic carbocycles. The summed E-state index contributed by atoms with van der Waals surface area (Å²) < 4.78 is 6.15. The second-order valence-corrected chi connectivity index (χ2v) is 6.14. The molecule has 2 atom stereocenters. The van der Waals surface area contributed by atoms with Crippen molar-refractivity contribution in [3.05, 3.63) is 35.9 Å². The fourth-order valence-electron chi connectivity index (χ4n) is 3.22. The van der Waals surface area contributed by atoms with Gasteiger partial charge in [-0.3, -0.25) is 0 Å². The Hall–Kier alpha value is -1.61. The number of pyridine rings is 1. The number of nitrogens with zero attached hydrogens (tertiary/aromatic N) is 1. The van der Waals surface area contributed by atoms with E-state index in [9.17, 15) is 0 Å². The van der Waals surface area contributed by atoms with E-state index in [1.807, 2.05) is 19.2 Å². The van der Waals surface area contributed by atoms with Crippen LogP contribution in [0.15, 0.2) is 30.3 Å². The summed E-state index contributed by atoms with van der Waals surface area (Å²) in [7, 11) is 1.92. The first kappa shape index (κ1) is 14.3. The zero-order valence-corrected chi connectivity index (χ0v) is 12.9. The first-order chi connectivity index (χ1) is 10.3. The van der Waals surface area contributed by atoms with Gasteiger partial charge >= 0.3 is 0 Å². The lowest BCUT2D eigenvalue weighted by atomic mass is 9.89. The van der Waals surface area contributed by atoms with Crippen LogP contribution in [-0.2, 0) is 11.3 Å². The van der Waals surface area contributed by atoms with E-state index < -0.39 is 0 Å². The molecule has 1 saturated carbocycles. The lowest BCUT2D eigenvalue weighted by Crippen LogP contribution is -2.21. The van der Waals surface area contributed by atoms with Crippen LogP contribution in [0.2, 0.25) is 0 Å². The van der Waals surface area contributed by atoms with Gasteiger partial charge in [-0.15, -0.1) is 0 Å². The SMILES string of the molecule is CNc1nc2ccccc2cc1COC1CCCC(C)C1. The number of anilines is 1. The van der Waals surface area contributed by atoms with Crippen molar-refractivity contribution in [1.29, 1.82) is 0 Å². The van der Waals surface area contributed by atoms with Gasteiger partial charge in [0.2, 0.25) is 0 Å². The molecule has 3 rings (SSSR count). The minimum Gasteiger partial charge on any atom is -0.373 e. The van der Waals surface area contributed by atoms with E-state index in [1.165, 1.54) is 31.1 Å². The minimum absolute atomic E-state index is 0.407. The average molecular weight is 284 g/mol. The molecule has 2 unspecified atom stereocenters. The Bertz CT molecular complexity index is 611. The van der Waals surface area contributed by atoms with E-state index in [-0.39, 0.29) is 0 Å². The molecule has 1 N–H and O–H groups in total. The highest BCUT2D eigenvalue weighted by atomic mass is 16.5. The van der Waals surface area contributed by atoms with Crippen LogP contribution in [0.3, 0.4) is 0 Å². The minimum atomic E-state index is 0.407. The molecule has 1 aromatic heterocycles.